The van der Waals surface area contributed by atoms with Crippen LogP contribution in [0.2, 0.25) is 0 Å². The first-order valence-electron chi connectivity index (χ1n) is 11.9. The van der Waals surface area contributed by atoms with Crippen LogP contribution >= 0.6 is 0 Å². The van der Waals surface area contributed by atoms with Crippen molar-refractivity contribution in [3.8, 4) is 0 Å². The molecular weight excluding hydrogens is 352 g/mol. The highest BCUT2D eigenvalue weighted by Gasteiger charge is 2.18. The third-order valence-corrected chi connectivity index (χ3v) is 5.13. The van der Waals surface area contributed by atoms with Crippen molar-refractivity contribution in [2.75, 3.05) is 13.2 Å². The number of hydrogen-bond donors (Lipinski definition) is 0. The molecule has 0 bridgehead atoms. The van der Waals surface area contributed by atoms with Gasteiger partial charge in [-0.2, -0.15) is 0 Å². The number of ether oxygens (including phenoxy) is 2. The van der Waals surface area contributed by atoms with E-state index in [0.717, 1.165) is 38.5 Å². The minimum Gasteiger partial charge on any atom is -0.466 e. The van der Waals surface area contributed by atoms with Crippen LogP contribution in [0.1, 0.15) is 124 Å². The Bertz CT molecular complexity index is 336. The lowest BCUT2D eigenvalue weighted by molar-refractivity contribution is -0.147. The van der Waals surface area contributed by atoms with Gasteiger partial charge in [0.1, 0.15) is 0 Å². The van der Waals surface area contributed by atoms with Gasteiger partial charge in [0.15, 0.2) is 0 Å². The monoisotopic (exact) mass is 398 g/mol. The summed E-state index contributed by atoms with van der Waals surface area (Å²) in [6, 6.07) is 0. The number of carbonyl (C=O) groups is 2. The van der Waals surface area contributed by atoms with Crippen LogP contribution in [-0.2, 0) is 19.1 Å². The second-order valence-corrected chi connectivity index (χ2v) is 8.04. The predicted octanol–water partition coefficient (Wildman–Crippen LogP) is 6.99. The summed E-state index contributed by atoms with van der Waals surface area (Å²) >= 11 is 0. The van der Waals surface area contributed by atoms with E-state index in [2.05, 4.69) is 20.8 Å². The minimum atomic E-state index is -0.171. The van der Waals surface area contributed by atoms with E-state index in [9.17, 15) is 9.59 Å². The van der Waals surface area contributed by atoms with Crippen molar-refractivity contribution in [3.05, 3.63) is 0 Å². The minimum absolute atomic E-state index is 0.0408. The van der Waals surface area contributed by atoms with Gasteiger partial charge in [0, 0.05) is 12.8 Å². The molecule has 0 saturated carbocycles. The molecule has 0 aliphatic rings. The van der Waals surface area contributed by atoms with E-state index in [0.29, 0.717) is 26.1 Å². The van der Waals surface area contributed by atoms with E-state index in [1.165, 1.54) is 51.4 Å². The van der Waals surface area contributed by atoms with Gasteiger partial charge in [0.2, 0.25) is 0 Å². The van der Waals surface area contributed by atoms with E-state index in [1.54, 1.807) is 0 Å². The first-order chi connectivity index (χ1) is 13.6. The molecule has 0 N–H and O–H groups in total. The van der Waals surface area contributed by atoms with Crippen LogP contribution in [0.25, 0.3) is 0 Å². The Morgan fingerprint density at radius 1 is 0.571 bits per heavy atom. The molecule has 0 radical (unpaired) electrons. The molecule has 0 atom stereocenters. The molecule has 0 heterocycles. The molecule has 0 unspecified atom stereocenters. The van der Waals surface area contributed by atoms with Crippen molar-refractivity contribution in [1.29, 1.82) is 0 Å². The van der Waals surface area contributed by atoms with E-state index < -0.39 is 0 Å². The molecule has 0 fully saturated rings. The Kier molecular flexibility index (Phi) is 19.9. The fraction of sp³-hybridized carbons (Fsp3) is 0.917. The number of rotatable bonds is 20. The fourth-order valence-electron chi connectivity index (χ4n) is 3.41. The Morgan fingerprint density at radius 3 is 1.36 bits per heavy atom. The van der Waals surface area contributed by atoms with Crippen molar-refractivity contribution < 1.29 is 19.1 Å². The van der Waals surface area contributed by atoms with Gasteiger partial charge in [-0.25, -0.2) is 0 Å². The Balaban J connectivity index is 3.84. The second kappa shape index (κ2) is 20.7. The predicted molar refractivity (Wildman–Crippen MR) is 116 cm³/mol. The maximum absolute atomic E-state index is 12.1. The van der Waals surface area contributed by atoms with Gasteiger partial charge in [0.25, 0.3) is 0 Å². The molecular formula is C24H46O4. The molecule has 0 aliphatic carbocycles. The first-order valence-corrected chi connectivity index (χ1v) is 11.9. The van der Waals surface area contributed by atoms with E-state index in [1.807, 2.05) is 0 Å². The largest absolute Gasteiger partial charge is 0.466 e. The fourth-order valence-corrected chi connectivity index (χ4v) is 3.41. The van der Waals surface area contributed by atoms with Gasteiger partial charge < -0.3 is 9.47 Å². The Labute approximate surface area is 174 Å². The number of unbranched alkanes of at least 4 members (excludes halogenated alkanes) is 10. The third-order valence-electron chi connectivity index (χ3n) is 5.13. The van der Waals surface area contributed by atoms with Gasteiger partial charge in [-0.1, -0.05) is 91.4 Å². The summed E-state index contributed by atoms with van der Waals surface area (Å²) in [5.74, 6) is -0.300. The quantitative estimate of drug-likeness (QED) is 0.164. The summed E-state index contributed by atoms with van der Waals surface area (Å²) < 4.78 is 10.7. The summed E-state index contributed by atoms with van der Waals surface area (Å²) in [5, 5.41) is 0. The topological polar surface area (TPSA) is 52.6 Å². The molecule has 4 heteroatoms. The highest BCUT2D eigenvalue weighted by molar-refractivity contribution is 5.73. The summed E-state index contributed by atoms with van der Waals surface area (Å²) in [6.07, 6.45) is 16.6. The highest BCUT2D eigenvalue weighted by Crippen LogP contribution is 2.18. The Hall–Kier alpha value is -1.06. The van der Waals surface area contributed by atoms with Gasteiger partial charge in [-0.3, -0.25) is 9.59 Å². The molecule has 4 nitrogen and oxygen atoms in total. The molecule has 0 rings (SSSR count). The van der Waals surface area contributed by atoms with Crippen molar-refractivity contribution in [2.24, 2.45) is 5.92 Å². The molecule has 0 amide bonds. The van der Waals surface area contributed by atoms with Crippen LogP contribution in [0.3, 0.4) is 0 Å². The number of carbonyl (C=O) groups excluding carboxylic acids is 2. The third kappa shape index (κ3) is 18.3. The van der Waals surface area contributed by atoms with Gasteiger partial charge in [-0.15, -0.1) is 0 Å². The molecule has 0 saturated heterocycles. The standard InChI is InChI=1S/C24H46O4/c1-4-7-9-11-13-15-18-27-23(25)20-22(17-6-3)21-24(26)28-19-16-14-12-10-8-5-2/h22H,4-21H2,1-3H3. The zero-order valence-corrected chi connectivity index (χ0v) is 18.9. The van der Waals surface area contributed by atoms with Crippen LogP contribution in [0, 0.1) is 5.92 Å². The van der Waals surface area contributed by atoms with Crippen molar-refractivity contribution in [1.82, 2.24) is 0 Å². The summed E-state index contributed by atoms with van der Waals surface area (Å²) in [4.78, 5) is 24.1. The molecule has 0 aromatic rings. The lowest BCUT2D eigenvalue weighted by Crippen LogP contribution is -2.17. The molecule has 0 aromatic carbocycles. The van der Waals surface area contributed by atoms with Gasteiger partial charge in [-0.05, 0) is 25.2 Å². The summed E-state index contributed by atoms with van der Waals surface area (Å²) in [7, 11) is 0. The molecule has 28 heavy (non-hydrogen) atoms. The van der Waals surface area contributed by atoms with Crippen molar-refractivity contribution >= 4 is 11.9 Å². The molecule has 0 aromatic heterocycles. The normalized spacial score (nSPS) is 11.0. The van der Waals surface area contributed by atoms with Crippen molar-refractivity contribution in [2.45, 2.75) is 124 Å². The van der Waals surface area contributed by atoms with Crippen LogP contribution in [0.5, 0.6) is 0 Å². The second-order valence-electron chi connectivity index (χ2n) is 8.04. The zero-order chi connectivity index (χ0) is 20.9. The maximum atomic E-state index is 12.1. The van der Waals surface area contributed by atoms with Crippen LogP contribution in [-0.4, -0.2) is 25.2 Å². The lowest BCUT2D eigenvalue weighted by atomic mass is 9.96. The number of esters is 2. The number of hydrogen-bond acceptors (Lipinski definition) is 4. The van der Waals surface area contributed by atoms with E-state index >= 15 is 0 Å². The van der Waals surface area contributed by atoms with E-state index in [4.69, 9.17) is 9.47 Å². The molecule has 0 aliphatic heterocycles. The SMILES string of the molecule is CCCCCCCCOC(=O)CC(CCC)CC(=O)OCCCCCCCC. The average molecular weight is 399 g/mol. The van der Waals surface area contributed by atoms with Crippen LogP contribution in [0.4, 0.5) is 0 Å². The molecule has 0 spiro atoms. The highest BCUT2D eigenvalue weighted by atomic mass is 16.5. The first kappa shape index (κ1) is 26.9. The van der Waals surface area contributed by atoms with Crippen LogP contribution < -0.4 is 0 Å². The smallest absolute Gasteiger partial charge is 0.306 e. The average Bonchev–Trinajstić information content (AvgIpc) is 2.66. The van der Waals surface area contributed by atoms with E-state index in [-0.39, 0.29) is 17.9 Å². The maximum Gasteiger partial charge on any atom is 0.306 e. The van der Waals surface area contributed by atoms with Crippen molar-refractivity contribution in [3.63, 3.8) is 0 Å². The zero-order valence-electron chi connectivity index (χ0n) is 18.9. The molecule has 166 valence electrons. The van der Waals surface area contributed by atoms with Crippen LogP contribution in [0.15, 0.2) is 0 Å². The Morgan fingerprint density at radius 2 is 0.964 bits per heavy atom. The van der Waals surface area contributed by atoms with Gasteiger partial charge in [0.05, 0.1) is 13.2 Å². The summed E-state index contributed by atoms with van der Waals surface area (Å²) in [5.41, 5.74) is 0. The summed E-state index contributed by atoms with van der Waals surface area (Å²) in [6.45, 7) is 7.51. The van der Waals surface area contributed by atoms with Gasteiger partial charge >= 0.3 is 11.9 Å². The lowest BCUT2D eigenvalue weighted by Gasteiger charge is -2.15.